The number of imidazole rings is 1. The smallest absolute Gasteiger partial charge is 0.329 e. The number of carbonyl (C=O) groups is 2. The lowest BCUT2D eigenvalue weighted by Gasteiger charge is -2.21. The standard InChI is InChI=1S/C25H29N3O7S/c1-17-5-8-19(9-6-17)36(32,33)35-15-14-34-13-3-4-18-7-10-20-22(16-18)27(2)25(31)28(20)21-11-12-23(29)26-24(21)30/h5-10,16,21H,3-4,11-15H2,1-2H3,(H,26,29,30). The molecular formula is C25H29N3O7S. The predicted molar refractivity (Wildman–Crippen MR) is 132 cm³/mol. The molecule has 3 aromatic rings. The second kappa shape index (κ2) is 10.8. The third-order valence-electron chi connectivity index (χ3n) is 6.21. The largest absolute Gasteiger partial charge is 0.379 e. The van der Waals surface area contributed by atoms with Gasteiger partial charge >= 0.3 is 5.69 Å². The fourth-order valence-electron chi connectivity index (χ4n) is 4.25. The molecule has 0 bridgehead atoms. The zero-order chi connectivity index (χ0) is 25.9. The molecule has 1 aromatic heterocycles. The molecule has 11 heteroatoms. The van der Waals surface area contributed by atoms with Crippen LogP contribution in [0.3, 0.4) is 0 Å². The van der Waals surface area contributed by atoms with E-state index in [0.29, 0.717) is 36.9 Å². The number of aromatic nitrogens is 2. The number of rotatable bonds is 10. The monoisotopic (exact) mass is 515 g/mol. The van der Waals surface area contributed by atoms with Gasteiger partial charge in [-0.25, -0.2) is 4.79 Å². The third-order valence-corrected chi connectivity index (χ3v) is 7.53. The second-order valence-corrected chi connectivity index (χ2v) is 10.4. The normalized spacial score (nSPS) is 16.4. The summed E-state index contributed by atoms with van der Waals surface area (Å²) >= 11 is 0. The highest BCUT2D eigenvalue weighted by atomic mass is 32.2. The van der Waals surface area contributed by atoms with E-state index < -0.39 is 22.1 Å². The van der Waals surface area contributed by atoms with Crippen molar-refractivity contribution < 1.29 is 26.9 Å². The van der Waals surface area contributed by atoms with Crippen LogP contribution in [0.2, 0.25) is 0 Å². The lowest BCUT2D eigenvalue weighted by Crippen LogP contribution is -2.44. The molecule has 0 saturated carbocycles. The van der Waals surface area contributed by atoms with E-state index in [0.717, 1.165) is 11.1 Å². The first-order valence-corrected chi connectivity index (χ1v) is 13.2. The van der Waals surface area contributed by atoms with Crippen molar-refractivity contribution in [3.05, 3.63) is 64.1 Å². The number of ether oxygens (including phenoxy) is 1. The minimum Gasteiger partial charge on any atom is -0.379 e. The summed E-state index contributed by atoms with van der Waals surface area (Å²) in [6, 6.07) is 11.4. The zero-order valence-electron chi connectivity index (χ0n) is 20.2. The average molecular weight is 516 g/mol. The summed E-state index contributed by atoms with van der Waals surface area (Å²) in [7, 11) is -2.15. The van der Waals surface area contributed by atoms with E-state index in [4.69, 9.17) is 8.92 Å². The van der Waals surface area contributed by atoms with Gasteiger partial charge in [0.15, 0.2) is 0 Å². The highest BCUT2D eigenvalue weighted by Crippen LogP contribution is 2.24. The number of nitrogens with one attached hydrogen (secondary N) is 1. The Bertz CT molecular complexity index is 1440. The van der Waals surface area contributed by atoms with Gasteiger partial charge in [-0.3, -0.25) is 28.2 Å². The summed E-state index contributed by atoms with van der Waals surface area (Å²) in [4.78, 5) is 36.7. The third kappa shape index (κ3) is 5.58. The van der Waals surface area contributed by atoms with E-state index in [-0.39, 0.29) is 36.1 Å². The summed E-state index contributed by atoms with van der Waals surface area (Å²) in [5, 5.41) is 2.30. The van der Waals surface area contributed by atoms with Gasteiger partial charge in [0.2, 0.25) is 11.8 Å². The van der Waals surface area contributed by atoms with Gasteiger partial charge in [-0.15, -0.1) is 0 Å². The number of aryl methyl sites for hydroxylation is 3. The first kappa shape index (κ1) is 25.8. The average Bonchev–Trinajstić information content (AvgIpc) is 3.08. The zero-order valence-corrected chi connectivity index (χ0v) is 21.0. The number of hydrogen-bond donors (Lipinski definition) is 1. The van der Waals surface area contributed by atoms with Crippen molar-refractivity contribution in [2.24, 2.45) is 7.05 Å². The maximum Gasteiger partial charge on any atom is 0.329 e. The van der Waals surface area contributed by atoms with Gasteiger partial charge in [-0.05, 0) is 56.0 Å². The molecule has 1 unspecified atom stereocenters. The fraction of sp³-hybridized carbons (Fsp3) is 0.400. The minimum atomic E-state index is -3.81. The van der Waals surface area contributed by atoms with Gasteiger partial charge in [0.05, 0.1) is 29.1 Å². The summed E-state index contributed by atoms with van der Waals surface area (Å²) in [6.07, 6.45) is 1.87. The van der Waals surface area contributed by atoms with Crippen molar-refractivity contribution in [2.45, 2.75) is 43.5 Å². The molecule has 0 aliphatic carbocycles. The highest BCUT2D eigenvalue weighted by Gasteiger charge is 2.31. The number of nitrogens with zero attached hydrogens (tertiary/aromatic N) is 2. The molecule has 1 aliphatic heterocycles. The Labute approximate surface area is 208 Å². The first-order chi connectivity index (χ1) is 17.2. The van der Waals surface area contributed by atoms with Crippen LogP contribution in [-0.4, -0.2) is 49.2 Å². The van der Waals surface area contributed by atoms with Gasteiger partial charge in [0.1, 0.15) is 6.04 Å². The predicted octanol–water partition coefficient (Wildman–Crippen LogP) is 1.98. The van der Waals surface area contributed by atoms with E-state index >= 15 is 0 Å². The molecule has 0 spiro atoms. The molecule has 36 heavy (non-hydrogen) atoms. The number of fused-ring (bicyclic) bond motifs is 1. The van der Waals surface area contributed by atoms with Gasteiger partial charge in [-0.2, -0.15) is 8.42 Å². The molecule has 2 amide bonds. The SMILES string of the molecule is Cc1ccc(S(=O)(=O)OCCOCCCc2ccc3c(c2)n(C)c(=O)n3C2CCC(=O)NC2=O)cc1. The van der Waals surface area contributed by atoms with Crippen molar-refractivity contribution in [2.75, 3.05) is 19.8 Å². The number of piperidine rings is 1. The number of carbonyl (C=O) groups excluding carboxylic acids is 2. The molecule has 2 aromatic carbocycles. The minimum absolute atomic E-state index is 0.0713. The van der Waals surface area contributed by atoms with Crippen LogP contribution in [0, 0.1) is 6.92 Å². The lowest BCUT2D eigenvalue weighted by molar-refractivity contribution is -0.135. The second-order valence-electron chi connectivity index (χ2n) is 8.81. The van der Waals surface area contributed by atoms with E-state index in [2.05, 4.69) is 5.32 Å². The number of amides is 2. The number of benzene rings is 2. The molecule has 4 rings (SSSR count). The van der Waals surface area contributed by atoms with Crippen LogP contribution in [0.25, 0.3) is 11.0 Å². The van der Waals surface area contributed by atoms with E-state index in [1.807, 2.05) is 25.1 Å². The fourth-order valence-corrected chi connectivity index (χ4v) is 5.14. The first-order valence-electron chi connectivity index (χ1n) is 11.7. The van der Waals surface area contributed by atoms with Crippen LogP contribution in [0.5, 0.6) is 0 Å². The Morgan fingerprint density at radius 2 is 1.75 bits per heavy atom. The summed E-state index contributed by atoms with van der Waals surface area (Å²) in [5.74, 6) is -0.786. The molecule has 1 saturated heterocycles. The van der Waals surface area contributed by atoms with E-state index in [1.54, 1.807) is 19.2 Å². The van der Waals surface area contributed by atoms with Crippen LogP contribution in [0.15, 0.2) is 52.2 Å². The van der Waals surface area contributed by atoms with Crippen molar-refractivity contribution in [1.29, 1.82) is 0 Å². The Morgan fingerprint density at radius 1 is 1.00 bits per heavy atom. The lowest BCUT2D eigenvalue weighted by atomic mass is 10.1. The van der Waals surface area contributed by atoms with Crippen LogP contribution < -0.4 is 11.0 Å². The Balaban J connectivity index is 1.29. The number of imide groups is 1. The highest BCUT2D eigenvalue weighted by molar-refractivity contribution is 7.86. The molecule has 0 radical (unpaired) electrons. The van der Waals surface area contributed by atoms with Gasteiger partial charge in [-0.1, -0.05) is 23.8 Å². The molecule has 10 nitrogen and oxygen atoms in total. The van der Waals surface area contributed by atoms with E-state index in [1.165, 1.54) is 21.3 Å². The molecule has 1 atom stereocenters. The topological polar surface area (TPSA) is 126 Å². The number of hydrogen-bond acceptors (Lipinski definition) is 7. The van der Waals surface area contributed by atoms with Crippen molar-refractivity contribution >= 4 is 33.0 Å². The molecule has 1 fully saturated rings. The maximum atomic E-state index is 12.8. The van der Waals surface area contributed by atoms with Crippen LogP contribution >= 0.6 is 0 Å². The van der Waals surface area contributed by atoms with Crippen molar-refractivity contribution in [3.8, 4) is 0 Å². The van der Waals surface area contributed by atoms with Crippen LogP contribution in [-0.2, 0) is 42.1 Å². The Kier molecular flexibility index (Phi) is 7.72. The molecule has 2 heterocycles. The Morgan fingerprint density at radius 3 is 2.47 bits per heavy atom. The summed E-state index contributed by atoms with van der Waals surface area (Å²) in [6.45, 7) is 2.37. The quantitative estimate of drug-likeness (QED) is 0.249. The van der Waals surface area contributed by atoms with Gasteiger partial charge < -0.3 is 4.74 Å². The van der Waals surface area contributed by atoms with Crippen molar-refractivity contribution in [3.63, 3.8) is 0 Å². The van der Waals surface area contributed by atoms with Crippen LogP contribution in [0.1, 0.15) is 36.4 Å². The van der Waals surface area contributed by atoms with Gasteiger partial charge in [0, 0.05) is 20.1 Å². The Hall–Kier alpha value is -3.28. The molecular weight excluding hydrogens is 486 g/mol. The summed E-state index contributed by atoms with van der Waals surface area (Å²) < 4.78 is 37.8. The summed E-state index contributed by atoms with van der Waals surface area (Å²) in [5.41, 5.74) is 3.01. The molecule has 192 valence electrons. The van der Waals surface area contributed by atoms with Crippen molar-refractivity contribution in [1.82, 2.24) is 14.5 Å². The van der Waals surface area contributed by atoms with Crippen LogP contribution in [0.4, 0.5) is 0 Å². The molecule has 1 aliphatic rings. The maximum absolute atomic E-state index is 12.8. The van der Waals surface area contributed by atoms with E-state index in [9.17, 15) is 22.8 Å². The molecule has 1 N–H and O–H groups in total. The van der Waals surface area contributed by atoms with Gasteiger partial charge in [0.25, 0.3) is 10.1 Å².